The minimum Gasteiger partial charge on any atom is -0.497 e. The molecule has 0 saturated heterocycles. The highest BCUT2D eigenvalue weighted by Gasteiger charge is 2.24. The van der Waals surface area contributed by atoms with Gasteiger partial charge in [0.2, 0.25) is 0 Å². The Hall–Kier alpha value is -3.02. The largest absolute Gasteiger partial charge is 0.497 e. The molecule has 1 N–H and O–H groups in total. The highest BCUT2D eigenvalue weighted by molar-refractivity contribution is 6.04. The second-order valence-electron chi connectivity index (χ2n) is 5.26. The summed E-state index contributed by atoms with van der Waals surface area (Å²) in [5.41, 5.74) is 1.29. The lowest BCUT2D eigenvalue weighted by atomic mass is 10.2. The van der Waals surface area contributed by atoms with E-state index in [0.29, 0.717) is 17.0 Å². The molecule has 0 radical (unpaired) electrons. The molecule has 0 amide bonds. The molecule has 3 rings (SSSR count). The SMILES string of the molecule is COc1ccc2c(c1)c(-n1cccc1)c(C(=O)O)n2CC(C)=O. The van der Waals surface area contributed by atoms with Crippen molar-refractivity contribution in [3.8, 4) is 11.4 Å². The number of methoxy groups -OCH3 is 1. The van der Waals surface area contributed by atoms with Crippen molar-refractivity contribution in [3.63, 3.8) is 0 Å². The Kier molecular flexibility index (Phi) is 3.65. The van der Waals surface area contributed by atoms with E-state index in [4.69, 9.17) is 4.74 Å². The highest BCUT2D eigenvalue weighted by Crippen LogP contribution is 2.32. The van der Waals surface area contributed by atoms with Crippen LogP contribution < -0.4 is 4.74 Å². The number of carboxylic acid groups (broad SMARTS) is 1. The lowest BCUT2D eigenvalue weighted by Gasteiger charge is -2.07. The molecule has 0 aliphatic rings. The summed E-state index contributed by atoms with van der Waals surface area (Å²) in [6.45, 7) is 1.45. The van der Waals surface area contributed by atoms with Crippen LogP contribution in [0.25, 0.3) is 16.6 Å². The van der Waals surface area contributed by atoms with Crippen molar-refractivity contribution in [1.82, 2.24) is 9.13 Å². The average Bonchev–Trinajstić information content (AvgIpc) is 3.12. The molecule has 2 aromatic heterocycles. The zero-order chi connectivity index (χ0) is 16.6. The number of hydrogen-bond acceptors (Lipinski definition) is 3. The smallest absolute Gasteiger partial charge is 0.354 e. The fourth-order valence-electron chi connectivity index (χ4n) is 2.79. The molecule has 3 aromatic rings. The number of ketones is 1. The molecule has 0 unspecified atom stereocenters. The maximum Gasteiger partial charge on any atom is 0.354 e. The van der Waals surface area contributed by atoms with Crippen molar-refractivity contribution in [2.45, 2.75) is 13.5 Å². The monoisotopic (exact) mass is 312 g/mol. The lowest BCUT2D eigenvalue weighted by molar-refractivity contribution is -0.117. The van der Waals surface area contributed by atoms with Crippen molar-refractivity contribution in [2.24, 2.45) is 0 Å². The van der Waals surface area contributed by atoms with Gasteiger partial charge in [-0.3, -0.25) is 4.79 Å². The first-order chi connectivity index (χ1) is 11.0. The van der Waals surface area contributed by atoms with Crippen LogP contribution in [0.2, 0.25) is 0 Å². The van der Waals surface area contributed by atoms with Crippen LogP contribution in [0.1, 0.15) is 17.4 Å². The van der Waals surface area contributed by atoms with Crippen LogP contribution in [0, 0.1) is 0 Å². The van der Waals surface area contributed by atoms with Crippen molar-refractivity contribution < 1.29 is 19.4 Å². The number of hydrogen-bond donors (Lipinski definition) is 1. The molecule has 0 aliphatic heterocycles. The third-order valence-electron chi connectivity index (χ3n) is 3.69. The zero-order valence-corrected chi connectivity index (χ0v) is 12.8. The Morgan fingerprint density at radius 3 is 2.48 bits per heavy atom. The number of ether oxygens (including phenoxy) is 1. The van der Waals surface area contributed by atoms with Gasteiger partial charge >= 0.3 is 5.97 Å². The Bertz CT molecular complexity index is 891. The molecule has 6 nitrogen and oxygen atoms in total. The van der Waals surface area contributed by atoms with E-state index >= 15 is 0 Å². The van der Waals surface area contributed by atoms with E-state index < -0.39 is 5.97 Å². The van der Waals surface area contributed by atoms with Crippen LogP contribution in [0.3, 0.4) is 0 Å². The maximum atomic E-state index is 11.9. The second kappa shape index (κ2) is 5.64. The molecule has 0 bridgehead atoms. The molecule has 23 heavy (non-hydrogen) atoms. The van der Waals surface area contributed by atoms with Crippen LogP contribution in [-0.2, 0) is 11.3 Å². The summed E-state index contributed by atoms with van der Waals surface area (Å²) in [4.78, 5) is 23.5. The summed E-state index contributed by atoms with van der Waals surface area (Å²) in [7, 11) is 1.56. The summed E-state index contributed by atoms with van der Waals surface area (Å²) in [6.07, 6.45) is 3.55. The number of Topliss-reactive ketones (excluding diaryl/α,β-unsaturated/α-hetero) is 1. The number of carbonyl (C=O) groups is 2. The first kappa shape index (κ1) is 14.9. The van der Waals surface area contributed by atoms with Gasteiger partial charge in [0.15, 0.2) is 5.69 Å². The average molecular weight is 312 g/mol. The van der Waals surface area contributed by atoms with E-state index in [1.807, 2.05) is 12.1 Å². The maximum absolute atomic E-state index is 11.9. The minimum absolute atomic E-state index is 0.00569. The molecule has 2 heterocycles. The summed E-state index contributed by atoms with van der Waals surface area (Å²) >= 11 is 0. The van der Waals surface area contributed by atoms with Crippen LogP contribution in [0.5, 0.6) is 5.75 Å². The summed E-state index contributed by atoms with van der Waals surface area (Å²) in [5.74, 6) is -0.563. The van der Waals surface area contributed by atoms with Gasteiger partial charge in [-0.2, -0.15) is 0 Å². The van der Waals surface area contributed by atoms with Gasteiger partial charge in [0, 0.05) is 17.8 Å². The third-order valence-corrected chi connectivity index (χ3v) is 3.69. The van der Waals surface area contributed by atoms with Gasteiger partial charge in [-0.25, -0.2) is 4.79 Å². The fraction of sp³-hybridized carbons (Fsp3) is 0.176. The Morgan fingerprint density at radius 1 is 1.22 bits per heavy atom. The molecule has 6 heteroatoms. The first-order valence-electron chi connectivity index (χ1n) is 7.09. The van der Waals surface area contributed by atoms with Gasteiger partial charge < -0.3 is 19.0 Å². The van der Waals surface area contributed by atoms with E-state index in [-0.39, 0.29) is 18.0 Å². The number of carbonyl (C=O) groups excluding carboxylic acids is 1. The van der Waals surface area contributed by atoms with E-state index in [1.54, 1.807) is 42.3 Å². The van der Waals surface area contributed by atoms with Crippen LogP contribution in [0.4, 0.5) is 0 Å². The molecule has 0 atom stereocenters. The van der Waals surface area contributed by atoms with E-state index in [1.165, 1.54) is 11.5 Å². The molecule has 1 aromatic carbocycles. The standard InChI is InChI=1S/C17H16N2O4/c1-11(20)10-19-14-6-5-12(23-2)9-13(14)15(16(19)17(21)22)18-7-3-4-8-18/h3-9H,10H2,1-2H3,(H,21,22). The molecular formula is C17H16N2O4. The molecule has 118 valence electrons. The number of rotatable bonds is 5. The molecule has 0 spiro atoms. The van der Waals surface area contributed by atoms with Gasteiger partial charge in [0.05, 0.1) is 24.9 Å². The van der Waals surface area contributed by atoms with Crippen LogP contribution >= 0.6 is 0 Å². The predicted molar refractivity (Wildman–Crippen MR) is 85.5 cm³/mol. The Morgan fingerprint density at radius 2 is 1.91 bits per heavy atom. The van der Waals surface area contributed by atoms with Crippen molar-refractivity contribution >= 4 is 22.7 Å². The normalized spacial score (nSPS) is 10.9. The third kappa shape index (κ3) is 2.48. The topological polar surface area (TPSA) is 73.5 Å². The first-order valence-corrected chi connectivity index (χ1v) is 7.09. The van der Waals surface area contributed by atoms with Gasteiger partial charge in [0.1, 0.15) is 11.5 Å². The van der Waals surface area contributed by atoms with Crippen molar-refractivity contribution in [3.05, 3.63) is 48.4 Å². The van der Waals surface area contributed by atoms with Crippen molar-refractivity contribution in [1.29, 1.82) is 0 Å². The molecule has 0 saturated carbocycles. The number of aromatic carboxylic acids is 1. The number of nitrogens with zero attached hydrogens (tertiary/aromatic N) is 2. The number of carboxylic acids is 1. The number of fused-ring (bicyclic) bond motifs is 1. The van der Waals surface area contributed by atoms with E-state index in [9.17, 15) is 14.7 Å². The van der Waals surface area contributed by atoms with Gasteiger partial charge in [-0.15, -0.1) is 0 Å². The summed E-state index contributed by atoms with van der Waals surface area (Å²) < 4.78 is 8.53. The van der Waals surface area contributed by atoms with Crippen LogP contribution in [-0.4, -0.2) is 33.1 Å². The Labute approximate surface area is 132 Å². The Balaban J connectivity index is 2.43. The van der Waals surface area contributed by atoms with E-state index in [2.05, 4.69) is 0 Å². The predicted octanol–water partition coefficient (Wildman–Crippen LogP) is 2.73. The van der Waals surface area contributed by atoms with Gasteiger partial charge in [0.25, 0.3) is 0 Å². The number of aromatic nitrogens is 2. The quantitative estimate of drug-likeness (QED) is 0.786. The highest BCUT2D eigenvalue weighted by atomic mass is 16.5. The zero-order valence-electron chi connectivity index (χ0n) is 12.8. The summed E-state index contributed by atoms with van der Waals surface area (Å²) in [5, 5.41) is 10.4. The molecule has 0 fully saturated rings. The van der Waals surface area contributed by atoms with Gasteiger partial charge in [-0.05, 0) is 37.3 Å². The molecule has 0 aliphatic carbocycles. The van der Waals surface area contributed by atoms with Crippen LogP contribution in [0.15, 0.2) is 42.7 Å². The fourth-order valence-corrected chi connectivity index (χ4v) is 2.79. The molecular weight excluding hydrogens is 296 g/mol. The lowest BCUT2D eigenvalue weighted by Crippen LogP contribution is -2.14. The van der Waals surface area contributed by atoms with Gasteiger partial charge in [-0.1, -0.05) is 0 Å². The van der Waals surface area contributed by atoms with Crippen molar-refractivity contribution in [2.75, 3.05) is 7.11 Å². The van der Waals surface area contributed by atoms with E-state index in [0.717, 1.165) is 5.39 Å². The second-order valence-corrected chi connectivity index (χ2v) is 5.26. The number of benzene rings is 1. The summed E-state index contributed by atoms with van der Waals surface area (Å²) in [6, 6.07) is 8.95. The minimum atomic E-state index is -1.08.